The predicted octanol–water partition coefficient (Wildman–Crippen LogP) is 4.71. The molecule has 0 radical (unpaired) electrons. The third-order valence-electron chi connectivity index (χ3n) is 5.24. The van der Waals surface area contributed by atoms with Gasteiger partial charge in [-0.2, -0.15) is 0 Å². The molecule has 0 spiro atoms. The van der Waals surface area contributed by atoms with Crippen LogP contribution in [0, 0.1) is 13.8 Å². The lowest BCUT2D eigenvalue weighted by Crippen LogP contribution is -2.34. The van der Waals surface area contributed by atoms with E-state index in [0.717, 1.165) is 22.6 Å². The van der Waals surface area contributed by atoms with E-state index in [1.54, 1.807) is 0 Å². The van der Waals surface area contributed by atoms with Crippen molar-refractivity contribution >= 4 is 23.1 Å². The van der Waals surface area contributed by atoms with Gasteiger partial charge in [-0.1, -0.05) is 29.8 Å². The Kier molecular flexibility index (Phi) is 7.70. The minimum absolute atomic E-state index is 0.110. The summed E-state index contributed by atoms with van der Waals surface area (Å²) in [5, 5.41) is 3.25. The van der Waals surface area contributed by atoms with Crippen LogP contribution in [0.15, 0.2) is 48.2 Å². The molecule has 6 heteroatoms. The number of nitrogens with zero attached hydrogens (tertiary/aromatic N) is 1. The average Bonchev–Trinajstić information content (AvgIpc) is 2.98. The molecular formula is C26H32N2O4. The van der Waals surface area contributed by atoms with Crippen LogP contribution in [0.5, 0.6) is 5.75 Å². The molecule has 0 atom stereocenters. The molecular weight excluding hydrogens is 404 g/mol. The summed E-state index contributed by atoms with van der Waals surface area (Å²) in [6.45, 7) is 11.2. The van der Waals surface area contributed by atoms with Gasteiger partial charge in [-0.05, 0) is 70.4 Å². The number of carbonyl (C=O) groups is 2. The first-order valence-corrected chi connectivity index (χ1v) is 11.1. The van der Waals surface area contributed by atoms with E-state index >= 15 is 0 Å². The number of benzene rings is 2. The summed E-state index contributed by atoms with van der Waals surface area (Å²) in [5.41, 5.74) is 4.31. The van der Waals surface area contributed by atoms with E-state index in [1.807, 2.05) is 77.1 Å². The molecule has 3 rings (SSSR count). The number of hydrogen-bond acceptors (Lipinski definition) is 5. The lowest BCUT2D eigenvalue weighted by molar-refractivity contribution is -0.137. The standard InChI is InChI=1S/C26H32N2O4/c1-6-31-21-11-9-20(10-12-21)23-24(27-22-13-8-18(4)16-19(22)5)26(30)28(25(23)29)14-7-15-32-17(2)3/h8-13,16-17,27H,6-7,14-15H2,1-5H3. The molecule has 0 fully saturated rings. The monoisotopic (exact) mass is 436 g/mol. The molecule has 2 aromatic carbocycles. The predicted molar refractivity (Wildman–Crippen MR) is 126 cm³/mol. The second-order valence-corrected chi connectivity index (χ2v) is 8.19. The summed E-state index contributed by atoms with van der Waals surface area (Å²) in [5.74, 6) is 0.111. The van der Waals surface area contributed by atoms with Crippen LogP contribution >= 0.6 is 0 Å². The Morgan fingerprint density at radius 1 is 1.00 bits per heavy atom. The van der Waals surface area contributed by atoms with Gasteiger partial charge in [0.2, 0.25) is 0 Å². The maximum Gasteiger partial charge on any atom is 0.278 e. The Labute approximate surface area is 190 Å². The minimum atomic E-state index is -0.316. The maximum absolute atomic E-state index is 13.3. The first kappa shape index (κ1) is 23.5. The number of amides is 2. The van der Waals surface area contributed by atoms with E-state index in [4.69, 9.17) is 9.47 Å². The average molecular weight is 437 g/mol. The van der Waals surface area contributed by atoms with E-state index < -0.39 is 0 Å². The van der Waals surface area contributed by atoms with Gasteiger partial charge in [-0.15, -0.1) is 0 Å². The molecule has 2 amide bonds. The summed E-state index contributed by atoms with van der Waals surface area (Å²) in [7, 11) is 0. The minimum Gasteiger partial charge on any atom is -0.494 e. The first-order chi connectivity index (χ1) is 15.3. The fraction of sp³-hybridized carbons (Fsp3) is 0.385. The molecule has 6 nitrogen and oxygen atoms in total. The Morgan fingerprint density at radius 3 is 2.34 bits per heavy atom. The number of aryl methyl sites for hydroxylation is 2. The van der Waals surface area contributed by atoms with Crippen LogP contribution in [-0.2, 0) is 14.3 Å². The molecule has 1 aliphatic heterocycles. The molecule has 0 aromatic heterocycles. The van der Waals surface area contributed by atoms with E-state index in [0.29, 0.717) is 43.0 Å². The van der Waals surface area contributed by atoms with Gasteiger partial charge in [-0.3, -0.25) is 14.5 Å². The van der Waals surface area contributed by atoms with Gasteiger partial charge in [0.1, 0.15) is 11.4 Å². The Bertz CT molecular complexity index is 1010. The van der Waals surface area contributed by atoms with Gasteiger partial charge >= 0.3 is 0 Å². The largest absolute Gasteiger partial charge is 0.494 e. The van der Waals surface area contributed by atoms with Gasteiger partial charge in [0, 0.05) is 18.8 Å². The Hall–Kier alpha value is -3.12. The highest BCUT2D eigenvalue weighted by atomic mass is 16.5. The fourth-order valence-electron chi connectivity index (χ4n) is 3.68. The normalized spacial score (nSPS) is 14.0. The van der Waals surface area contributed by atoms with Gasteiger partial charge in [-0.25, -0.2) is 0 Å². The molecule has 1 N–H and O–H groups in total. The number of rotatable bonds is 10. The van der Waals surface area contributed by atoms with Crippen molar-refractivity contribution in [3.8, 4) is 5.75 Å². The zero-order valence-electron chi connectivity index (χ0n) is 19.5. The molecule has 0 unspecified atom stereocenters. The number of ether oxygens (including phenoxy) is 2. The van der Waals surface area contributed by atoms with Crippen molar-refractivity contribution in [1.29, 1.82) is 0 Å². The molecule has 1 aliphatic rings. The smallest absolute Gasteiger partial charge is 0.278 e. The van der Waals surface area contributed by atoms with E-state index in [-0.39, 0.29) is 17.9 Å². The topological polar surface area (TPSA) is 67.9 Å². The van der Waals surface area contributed by atoms with E-state index in [1.165, 1.54) is 4.90 Å². The Morgan fingerprint density at radius 2 is 1.72 bits per heavy atom. The number of nitrogens with one attached hydrogen (secondary N) is 1. The molecule has 0 saturated carbocycles. The van der Waals surface area contributed by atoms with Gasteiger partial charge in [0.25, 0.3) is 11.8 Å². The molecule has 0 aliphatic carbocycles. The summed E-state index contributed by atoms with van der Waals surface area (Å²) in [6, 6.07) is 13.2. The van der Waals surface area contributed by atoms with Crippen LogP contribution in [0.3, 0.4) is 0 Å². The van der Waals surface area contributed by atoms with Crippen LogP contribution < -0.4 is 10.1 Å². The van der Waals surface area contributed by atoms with Gasteiger partial charge in [0.15, 0.2) is 0 Å². The Balaban J connectivity index is 1.92. The lowest BCUT2D eigenvalue weighted by atomic mass is 10.0. The van der Waals surface area contributed by atoms with E-state index in [9.17, 15) is 9.59 Å². The highest BCUT2D eigenvalue weighted by molar-refractivity contribution is 6.36. The van der Waals surface area contributed by atoms with E-state index in [2.05, 4.69) is 5.32 Å². The van der Waals surface area contributed by atoms with Crippen molar-refractivity contribution < 1.29 is 19.1 Å². The number of anilines is 1. The molecule has 0 saturated heterocycles. The van der Waals surface area contributed by atoms with Crippen molar-refractivity contribution in [2.24, 2.45) is 0 Å². The van der Waals surface area contributed by atoms with Crippen LogP contribution in [0.4, 0.5) is 5.69 Å². The fourth-order valence-corrected chi connectivity index (χ4v) is 3.68. The number of carbonyl (C=O) groups excluding carboxylic acids is 2. The second kappa shape index (κ2) is 10.5. The van der Waals surface area contributed by atoms with Crippen molar-refractivity contribution in [3.63, 3.8) is 0 Å². The molecule has 2 aromatic rings. The summed E-state index contributed by atoms with van der Waals surface area (Å²) >= 11 is 0. The zero-order valence-corrected chi connectivity index (χ0v) is 19.5. The molecule has 0 bridgehead atoms. The quantitative estimate of drug-likeness (QED) is 0.432. The van der Waals surface area contributed by atoms with Crippen molar-refractivity contribution in [3.05, 3.63) is 64.9 Å². The summed E-state index contributed by atoms with van der Waals surface area (Å²) in [4.78, 5) is 27.9. The number of imide groups is 1. The molecule has 32 heavy (non-hydrogen) atoms. The summed E-state index contributed by atoms with van der Waals surface area (Å²) < 4.78 is 11.1. The van der Waals surface area contributed by atoms with Crippen LogP contribution in [-0.4, -0.2) is 42.6 Å². The third-order valence-corrected chi connectivity index (χ3v) is 5.24. The van der Waals surface area contributed by atoms with Gasteiger partial charge < -0.3 is 14.8 Å². The maximum atomic E-state index is 13.3. The summed E-state index contributed by atoms with van der Waals surface area (Å²) in [6.07, 6.45) is 0.697. The van der Waals surface area contributed by atoms with Crippen molar-refractivity contribution in [2.45, 2.75) is 47.1 Å². The molecule has 1 heterocycles. The SMILES string of the molecule is CCOc1ccc(C2=C(Nc3ccc(C)cc3C)C(=O)N(CCCOC(C)C)C2=O)cc1. The van der Waals surface area contributed by atoms with Gasteiger partial charge in [0.05, 0.1) is 18.3 Å². The van der Waals surface area contributed by atoms with Crippen molar-refractivity contribution in [2.75, 3.05) is 25.1 Å². The highest BCUT2D eigenvalue weighted by Crippen LogP contribution is 2.32. The highest BCUT2D eigenvalue weighted by Gasteiger charge is 2.39. The first-order valence-electron chi connectivity index (χ1n) is 11.1. The van der Waals surface area contributed by atoms with Crippen LogP contribution in [0.2, 0.25) is 0 Å². The third kappa shape index (κ3) is 5.37. The lowest BCUT2D eigenvalue weighted by Gasteiger charge is -2.16. The molecule has 170 valence electrons. The van der Waals surface area contributed by atoms with Crippen molar-refractivity contribution in [1.82, 2.24) is 4.90 Å². The zero-order chi connectivity index (χ0) is 23.3. The van der Waals surface area contributed by atoms with Crippen LogP contribution in [0.25, 0.3) is 5.57 Å². The number of hydrogen-bond donors (Lipinski definition) is 1. The van der Waals surface area contributed by atoms with Crippen LogP contribution in [0.1, 0.15) is 43.9 Å². The second-order valence-electron chi connectivity index (χ2n) is 8.19.